The minimum Gasteiger partial charge on any atom is -0.258 e. The lowest BCUT2D eigenvalue weighted by molar-refractivity contribution is -0.384. The van der Waals surface area contributed by atoms with Crippen LogP contribution in [0.5, 0.6) is 0 Å². The van der Waals surface area contributed by atoms with Gasteiger partial charge in [-0.25, -0.2) is 0 Å². The van der Waals surface area contributed by atoms with E-state index in [4.69, 9.17) is 9.42 Å². The average Bonchev–Trinajstić information content (AvgIpc) is 2.15. The van der Waals surface area contributed by atoms with Crippen molar-refractivity contribution in [1.82, 2.24) is 0 Å². The molecule has 92 valence electrons. The summed E-state index contributed by atoms with van der Waals surface area (Å²) in [7, 11) is -2.68. The molecule has 0 aliphatic heterocycles. The van der Waals surface area contributed by atoms with Gasteiger partial charge >= 0.3 is 8.25 Å². The van der Waals surface area contributed by atoms with Crippen LogP contribution in [0.4, 0.5) is 5.69 Å². The zero-order valence-corrected chi connectivity index (χ0v) is 10.9. The highest BCUT2D eigenvalue weighted by Gasteiger charge is 2.32. The van der Waals surface area contributed by atoms with E-state index in [0.29, 0.717) is 0 Å². The number of nitrogens with zero attached hydrogens (tertiary/aromatic N) is 1. The number of non-ortho nitro benzene ring substituents is 1. The monoisotopic (exact) mass is 276 g/mol. The van der Waals surface area contributed by atoms with Gasteiger partial charge in [0.05, 0.1) is 4.92 Å². The lowest BCUT2D eigenvalue weighted by Gasteiger charge is -2.15. The number of nitro groups is 1. The molecule has 0 spiro atoms. The Morgan fingerprint density at radius 1 is 1.41 bits per heavy atom. The molecular weight excluding hydrogens is 265 g/mol. The summed E-state index contributed by atoms with van der Waals surface area (Å²) in [6, 6.07) is 5.88. The maximum Gasteiger partial charge on any atom is 0.696 e. The normalized spacial score (nSPS) is 12.3. The Morgan fingerprint density at radius 2 is 1.94 bits per heavy atom. The van der Waals surface area contributed by atoms with E-state index in [1.54, 1.807) is 26.0 Å². The van der Waals surface area contributed by atoms with Crippen LogP contribution < -0.4 is 0 Å². The molecule has 1 N–H and O–H groups in total. The van der Waals surface area contributed by atoms with E-state index in [2.05, 4.69) is 0 Å². The molecule has 0 saturated carbocycles. The molecule has 1 unspecified atom stereocenters. The first-order valence-electron chi connectivity index (χ1n) is 4.59. The number of hydrogen-bond donors (Lipinski definition) is 1. The van der Waals surface area contributed by atoms with Crippen LogP contribution in [-0.2, 0) is 9.09 Å². The van der Waals surface area contributed by atoms with Crippen molar-refractivity contribution in [3.8, 4) is 0 Å². The SMILES string of the molecule is CC(C)(O[P+](=O)O)Sc1ccc([N+](=O)[O-])cc1. The van der Waals surface area contributed by atoms with Gasteiger partial charge in [-0.2, -0.15) is 0 Å². The molecule has 1 aromatic carbocycles. The minimum absolute atomic E-state index is 0.00121. The summed E-state index contributed by atoms with van der Waals surface area (Å²) in [4.78, 5) is 18.5. The van der Waals surface area contributed by atoms with Crippen molar-refractivity contribution in [3.63, 3.8) is 0 Å². The largest absolute Gasteiger partial charge is 0.696 e. The Hall–Kier alpha value is -1.01. The quantitative estimate of drug-likeness (QED) is 0.292. The number of thioether (sulfide) groups is 1. The Morgan fingerprint density at radius 3 is 2.35 bits per heavy atom. The first kappa shape index (κ1) is 14.1. The Bertz CT molecular complexity index is 434. The highest BCUT2D eigenvalue weighted by atomic mass is 32.2. The maximum absolute atomic E-state index is 10.6. The van der Waals surface area contributed by atoms with Gasteiger partial charge in [0.25, 0.3) is 5.69 Å². The number of benzene rings is 1. The predicted molar refractivity (Wildman–Crippen MR) is 63.9 cm³/mol. The summed E-state index contributed by atoms with van der Waals surface area (Å²) in [5, 5.41) is 10.4. The first-order valence-corrected chi connectivity index (χ1v) is 6.53. The average molecular weight is 276 g/mol. The highest BCUT2D eigenvalue weighted by molar-refractivity contribution is 8.00. The van der Waals surface area contributed by atoms with Gasteiger partial charge in [-0.05, 0) is 26.0 Å². The van der Waals surface area contributed by atoms with E-state index < -0.39 is 18.1 Å². The number of rotatable bonds is 5. The Balaban J connectivity index is 2.75. The number of nitro benzene ring substituents is 1. The van der Waals surface area contributed by atoms with E-state index in [9.17, 15) is 14.7 Å². The van der Waals surface area contributed by atoms with Crippen molar-refractivity contribution in [1.29, 1.82) is 0 Å². The van der Waals surface area contributed by atoms with Crippen molar-refractivity contribution >= 4 is 25.7 Å². The minimum atomic E-state index is -2.68. The van der Waals surface area contributed by atoms with Crippen LogP contribution in [0.25, 0.3) is 0 Å². The van der Waals surface area contributed by atoms with E-state index in [-0.39, 0.29) is 5.69 Å². The highest BCUT2D eigenvalue weighted by Crippen LogP contribution is 2.39. The molecule has 17 heavy (non-hydrogen) atoms. The summed E-state index contributed by atoms with van der Waals surface area (Å²) < 4.78 is 15.4. The van der Waals surface area contributed by atoms with Crippen LogP contribution in [0, 0.1) is 10.1 Å². The molecule has 1 rings (SSSR count). The number of hydrogen-bond acceptors (Lipinski definition) is 5. The molecule has 6 nitrogen and oxygen atoms in total. The molecule has 0 aliphatic rings. The fourth-order valence-corrected chi connectivity index (χ4v) is 2.68. The van der Waals surface area contributed by atoms with Gasteiger partial charge in [0.15, 0.2) is 4.93 Å². The molecule has 0 aromatic heterocycles. The van der Waals surface area contributed by atoms with Crippen molar-refractivity contribution in [2.45, 2.75) is 23.7 Å². The van der Waals surface area contributed by atoms with Crippen molar-refractivity contribution < 1.29 is 18.9 Å². The molecule has 0 bridgehead atoms. The van der Waals surface area contributed by atoms with E-state index in [0.717, 1.165) is 4.90 Å². The van der Waals surface area contributed by atoms with Gasteiger partial charge in [-0.3, -0.25) is 10.1 Å². The summed E-state index contributed by atoms with van der Waals surface area (Å²) >= 11 is 1.21. The van der Waals surface area contributed by atoms with Crippen molar-refractivity contribution in [2.24, 2.45) is 0 Å². The molecule has 1 atom stereocenters. The molecular formula is C9H11NO5PS+. The van der Waals surface area contributed by atoms with Crippen LogP contribution in [0.15, 0.2) is 29.2 Å². The van der Waals surface area contributed by atoms with Crippen LogP contribution in [-0.4, -0.2) is 14.7 Å². The summed E-state index contributed by atoms with van der Waals surface area (Å²) in [6.45, 7) is 3.28. The summed E-state index contributed by atoms with van der Waals surface area (Å²) in [6.07, 6.45) is 0. The van der Waals surface area contributed by atoms with Gasteiger partial charge < -0.3 is 0 Å². The van der Waals surface area contributed by atoms with Gasteiger partial charge in [0.1, 0.15) is 0 Å². The van der Waals surface area contributed by atoms with Gasteiger partial charge in [0, 0.05) is 21.6 Å². The Kier molecular flexibility index (Phi) is 4.59. The zero-order chi connectivity index (χ0) is 13.1. The topological polar surface area (TPSA) is 89.7 Å². The summed E-state index contributed by atoms with van der Waals surface area (Å²) in [5.41, 5.74) is 0.00121. The fourth-order valence-electron chi connectivity index (χ4n) is 1.13. The molecule has 1 aromatic rings. The first-order chi connectivity index (χ1) is 7.80. The predicted octanol–water partition coefficient (Wildman–Crippen LogP) is 3.09. The smallest absolute Gasteiger partial charge is 0.258 e. The molecule has 0 radical (unpaired) electrons. The van der Waals surface area contributed by atoms with Gasteiger partial charge in [0.2, 0.25) is 0 Å². The molecule has 0 saturated heterocycles. The second-order valence-corrected chi connectivity index (χ2v) is 5.90. The molecule has 0 fully saturated rings. The van der Waals surface area contributed by atoms with Crippen LogP contribution >= 0.6 is 20.0 Å². The molecule has 8 heteroatoms. The Labute approximate surface area is 103 Å². The molecule has 0 heterocycles. The lowest BCUT2D eigenvalue weighted by Crippen LogP contribution is -2.15. The van der Waals surface area contributed by atoms with Crippen molar-refractivity contribution in [3.05, 3.63) is 34.4 Å². The molecule has 0 aliphatic carbocycles. The van der Waals surface area contributed by atoms with Crippen molar-refractivity contribution in [2.75, 3.05) is 0 Å². The second-order valence-electron chi connectivity index (χ2n) is 3.58. The van der Waals surface area contributed by atoms with Gasteiger partial charge in [-0.15, -0.1) is 9.42 Å². The van der Waals surface area contributed by atoms with Crippen LogP contribution in [0.2, 0.25) is 0 Å². The maximum atomic E-state index is 10.6. The fraction of sp³-hybridized carbons (Fsp3) is 0.333. The van der Waals surface area contributed by atoms with Gasteiger partial charge in [-0.1, -0.05) is 11.8 Å². The van der Waals surface area contributed by atoms with Crippen LogP contribution in [0.1, 0.15) is 13.8 Å². The van der Waals surface area contributed by atoms with E-state index >= 15 is 0 Å². The zero-order valence-electron chi connectivity index (χ0n) is 9.19. The van der Waals surface area contributed by atoms with E-state index in [1.807, 2.05) is 0 Å². The standard InChI is InChI=1S/C9H10NO5PS/c1-9(2,15-16(13)14)17-8-5-3-7(4-6-8)10(11)12/h3-6H,1-2H3/p+1. The third-order valence-corrected chi connectivity index (χ3v) is 3.53. The van der Waals surface area contributed by atoms with Crippen LogP contribution in [0.3, 0.4) is 0 Å². The third-order valence-electron chi connectivity index (χ3n) is 1.71. The van der Waals surface area contributed by atoms with E-state index in [1.165, 1.54) is 23.9 Å². The third kappa shape index (κ3) is 4.79. The summed E-state index contributed by atoms with van der Waals surface area (Å²) in [5.74, 6) is 0. The lowest BCUT2D eigenvalue weighted by atomic mass is 10.3. The second kappa shape index (κ2) is 5.55. The molecule has 0 amide bonds.